The van der Waals surface area contributed by atoms with Crippen molar-refractivity contribution in [3.05, 3.63) is 71.9 Å². The lowest BCUT2D eigenvalue weighted by Crippen LogP contribution is -1.89. The highest BCUT2D eigenvalue weighted by Crippen LogP contribution is 2.30. The average molecular weight is 212 g/mol. The summed E-state index contributed by atoms with van der Waals surface area (Å²) >= 11 is 0. The molecule has 1 aliphatic rings. The highest BCUT2D eigenvalue weighted by atomic mass is 14.2. The third kappa shape index (κ3) is 2.96. The Kier molecular flexibility index (Phi) is 4.78. The molecule has 0 radical (unpaired) electrons. The zero-order valence-corrected chi connectivity index (χ0v) is 10.3. The second-order valence-corrected chi connectivity index (χ2v) is 3.87. The van der Waals surface area contributed by atoms with E-state index in [1.165, 1.54) is 11.1 Å². The van der Waals surface area contributed by atoms with Crippen LogP contribution in [0, 0.1) is 0 Å². The summed E-state index contributed by atoms with van der Waals surface area (Å²) < 4.78 is 0. The molecule has 1 rings (SSSR count). The third-order valence-corrected chi connectivity index (χ3v) is 2.77. The Balaban J connectivity index is 2.78. The minimum absolute atomic E-state index is 0.991. The van der Waals surface area contributed by atoms with Gasteiger partial charge in [-0.1, -0.05) is 62.1 Å². The maximum absolute atomic E-state index is 4.13. The van der Waals surface area contributed by atoms with Crippen molar-refractivity contribution in [2.45, 2.75) is 26.7 Å². The van der Waals surface area contributed by atoms with Crippen LogP contribution in [-0.2, 0) is 0 Å². The molecule has 0 amide bonds. The highest BCUT2D eigenvalue weighted by Gasteiger charge is 2.11. The molecule has 0 aromatic carbocycles. The van der Waals surface area contributed by atoms with Crippen molar-refractivity contribution < 1.29 is 0 Å². The lowest BCUT2D eigenvalue weighted by Gasteiger charge is -2.08. The SMILES string of the molecule is C=C(/C=C\C=C/C)C(=C)C1=C(CC)CC=C1. The molecule has 0 nitrogen and oxygen atoms in total. The van der Waals surface area contributed by atoms with Gasteiger partial charge in [-0.25, -0.2) is 0 Å². The molecule has 0 bridgehead atoms. The molecule has 0 unspecified atom stereocenters. The molecule has 1 aliphatic carbocycles. The first kappa shape index (κ1) is 12.5. The Morgan fingerprint density at radius 2 is 2.12 bits per heavy atom. The van der Waals surface area contributed by atoms with E-state index in [1.54, 1.807) is 0 Å². The Bertz CT molecular complexity index is 398. The summed E-state index contributed by atoms with van der Waals surface area (Å²) in [5.74, 6) is 0. The quantitative estimate of drug-likeness (QED) is 0.569. The van der Waals surface area contributed by atoms with Gasteiger partial charge in [0.05, 0.1) is 0 Å². The topological polar surface area (TPSA) is 0 Å². The van der Waals surface area contributed by atoms with Crippen LogP contribution in [0.3, 0.4) is 0 Å². The second-order valence-electron chi connectivity index (χ2n) is 3.87. The zero-order chi connectivity index (χ0) is 12.0. The third-order valence-electron chi connectivity index (χ3n) is 2.77. The minimum Gasteiger partial charge on any atom is -0.0912 e. The van der Waals surface area contributed by atoms with E-state index in [4.69, 9.17) is 0 Å². The van der Waals surface area contributed by atoms with Gasteiger partial charge in [0.2, 0.25) is 0 Å². The highest BCUT2D eigenvalue weighted by molar-refractivity contribution is 5.57. The predicted molar refractivity (Wildman–Crippen MR) is 73.3 cm³/mol. The van der Waals surface area contributed by atoms with Crippen LogP contribution in [0.25, 0.3) is 0 Å². The van der Waals surface area contributed by atoms with Crippen LogP contribution in [0.5, 0.6) is 0 Å². The van der Waals surface area contributed by atoms with Crippen LogP contribution in [0.1, 0.15) is 26.7 Å². The molecule has 0 fully saturated rings. The van der Waals surface area contributed by atoms with E-state index < -0.39 is 0 Å². The summed E-state index contributed by atoms with van der Waals surface area (Å²) in [6.45, 7) is 12.4. The number of hydrogen-bond donors (Lipinski definition) is 0. The van der Waals surface area contributed by atoms with E-state index in [-0.39, 0.29) is 0 Å². The molecule has 0 aromatic heterocycles. The molecule has 0 heteroatoms. The zero-order valence-electron chi connectivity index (χ0n) is 10.3. The van der Waals surface area contributed by atoms with Crippen molar-refractivity contribution in [1.82, 2.24) is 0 Å². The number of rotatable bonds is 5. The number of hydrogen-bond acceptors (Lipinski definition) is 0. The Labute approximate surface area is 99.1 Å². The fourth-order valence-electron chi connectivity index (χ4n) is 1.75. The maximum atomic E-state index is 4.13. The van der Waals surface area contributed by atoms with Gasteiger partial charge in [-0.3, -0.25) is 0 Å². The Morgan fingerprint density at radius 3 is 2.75 bits per heavy atom. The molecular formula is C16H20. The van der Waals surface area contributed by atoms with Gasteiger partial charge in [-0.05, 0) is 36.5 Å². The molecule has 0 aliphatic heterocycles. The smallest absolute Gasteiger partial charge is 0.0126 e. The van der Waals surface area contributed by atoms with Gasteiger partial charge in [-0.2, -0.15) is 0 Å². The van der Waals surface area contributed by atoms with Crippen LogP contribution in [0.2, 0.25) is 0 Å². The fraction of sp³-hybridized carbons (Fsp3) is 0.250. The van der Waals surface area contributed by atoms with E-state index in [1.807, 2.05) is 31.2 Å². The van der Waals surface area contributed by atoms with Gasteiger partial charge < -0.3 is 0 Å². The molecule has 0 aromatic rings. The molecule has 0 N–H and O–H groups in total. The van der Waals surface area contributed by atoms with Crippen LogP contribution in [-0.4, -0.2) is 0 Å². The summed E-state index contributed by atoms with van der Waals surface area (Å²) in [5, 5.41) is 0. The molecule has 84 valence electrons. The van der Waals surface area contributed by atoms with Gasteiger partial charge in [-0.15, -0.1) is 0 Å². The first-order valence-corrected chi connectivity index (χ1v) is 5.77. The Hall–Kier alpha value is -1.56. The van der Waals surface area contributed by atoms with Crippen molar-refractivity contribution in [3.8, 4) is 0 Å². The fourth-order valence-corrected chi connectivity index (χ4v) is 1.75. The van der Waals surface area contributed by atoms with E-state index >= 15 is 0 Å². The summed E-state index contributed by atoms with van der Waals surface area (Å²) in [4.78, 5) is 0. The van der Waals surface area contributed by atoms with Crippen molar-refractivity contribution >= 4 is 0 Å². The molecule has 0 spiro atoms. The van der Waals surface area contributed by atoms with Crippen molar-refractivity contribution in [2.24, 2.45) is 0 Å². The van der Waals surface area contributed by atoms with Gasteiger partial charge in [0.1, 0.15) is 0 Å². The average Bonchev–Trinajstić information content (AvgIpc) is 2.76. The maximum Gasteiger partial charge on any atom is -0.0126 e. The Morgan fingerprint density at radius 1 is 1.38 bits per heavy atom. The van der Waals surface area contributed by atoms with E-state index in [2.05, 4.69) is 32.2 Å². The molecule has 0 saturated carbocycles. The van der Waals surface area contributed by atoms with E-state index in [0.29, 0.717) is 0 Å². The second kappa shape index (κ2) is 6.12. The van der Waals surface area contributed by atoms with E-state index in [9.17, 15) is 0 Å². The lowest BCUT2D eigenvalue weighted by atomic mass is 9.96. The summed E-state index contributed by atoms with van der Waals surface area (Å²) in [5.41, 5.74) is 4.78. The molecule has 0 saturated heterocycles. The van der Waals surface area contributed by atoms with Gasteiger partial charge in [0.15, 0.2) is 0 Å². The van der Waals surface area contributed by atoms with E-state index in [0.717, 1.165) is 24.0 Å². The first-order valence-electron chi connectivity index (χ1n) is 5.77. The monoisotopic (exact) mass is 212 g/mol. The van der Waals surface area contributed by atoms with Crippen LogP contribution in [0.15, 0.2) is 71.9 Å². The van der Waals surface area contributed by atoms with Crippen LogP contribution < -0.4 is 0 Å². The van der Waals surface area contributed by atoms with Crippen molar-refractivity contribution in [2.75, 3.05) is 0 Å². The lowest BCUT2D eigenvalue weighted by molar-refractivity contribution is 1.04. The van der Waals surface area contributed by atoms with Gasteiger partial charge in [0.25, 0.3) is 0 Å². The van der Waals surface area contributed by atoms with Crippen molar-refractivity contribution in [1.29, 1.82) is 0 Å². The molecular weight excluding hydrogens is 192 g/mol. The first-order chi connectivity index (χ1) is 7.70. The summed E-state index contributed by atoms with van der Waals surface area (Å²) in [7, 11) is 0. The van der Waals surface area contributed by atoms with Gasteiger partial charge >= 0.3 is 0 Å². The predicted octanol–water partition coefficient (Wildman–Crippen LogP) is 4.90. The van der Waals surface area contributed by atoms with Crippen LogP contribution >= 0.6 is 0 Å². The van der Waals surface area contributed by atoms with Crippen LogP contribution in [0.4, 0.5) is 0 Å². The van der Waals surface area contributed by atoms with Gasteiger partial charge in [0, 0.05) is 0 Å². The summed E-state index contributed by atoms with van der Waals surface area (Å²) in [6.07, 6.45) is 14.5. The molecule has 16 heavy (non-hydrogen) atoms. The minimum atomic E-state index is 0.991. The number of allylic oxidation sites excluding steroid dienone is 10. The normalized spacial score (nSPS) is 15.6. The largest absolute Gasteiger partial charge is 0.0912 e. The molecule has 0 atom stereocenters. The van der Waals surface area contributed by atoms with Crippen molar-refractivity contribution in [3.63, 3.8) is 0 Å². The summed E-state index contributed by atoms with van der Waals surface area (Å²) in [6, 6.07) is 0. The molecule has 0 heterocycles. The standard InChI is InChI=1S/C16H20/c1-5-7-8-10-13(3)14(4)16-12-9-11-15(16)6-2/h5,7-10,12H,3-4,6,11H2,1-2H3/b7-5-,10-8-.